The number of hydrogen-bond donors (Lipinski definition) is 0. The van der Waals surface area contributed by atoms with E-state index in [1.807, 2.05) is 0 Å². The molecule has 2 aromatic rings. The van der Waals surface area contributed by atoms with Crippen LogP contribution in [0.15, 0.2) is 24.3 Å². The summed E-state index contributed by atoms with van der Waals surface area (Å²) in [5.74, 6) is 0.483. The van der Waals surface area contributed by atoms with Gasteiger partial charge in [0.05, 0.1) is 5.69 Å². The highest BCUT2D eigenvalue weighted by Gasteiger charge is 2.08. The first-order valence-corrected chi connectivity index (χ1v) is 6.02. The summed E-state index contributed by atoms with van der Waals surface area (Å²) in [4.78, 5) is 4.75. The molecule has 1 aromatic heterocycles. The molecule has 0 bridgehead atoms. The van der Waals surface area contributed by atoms with Crippen molar-refractivity contribution in [2.24, 2.45) is 0 Å². The highest BCUT2D eigenvalue weighted by molar-refractivity contribution is 5.86. The fourth-order valence-corrected chi connectivity index (χ4v) is 2.08. The van der Waals surface area contributed by atoms with Gasteiger partial charge >= 0.3 is 0 Å². The number of aromatic nitrogens is 1. The second-order valence-electron chi connectivity index (χ2n) is 4.73. The van der Waals surface area contributed by atoms with E-state index >= 15 is 0 Å². The van der Waals surface area contributed by atoms with E-state index in [9.17, 15) is 0 Å². The predicted octanol–water partition coefficient (Wildman–Crippen LogP) is 4.23. The second kappa shape index (κ2) is 4.25. The van der Waals surface area contributed by atoms with Crippen molar-refractivity contribution in [1.82, 2.24) is 4.98 Å². The minimum atomic E-state index is 0.483. The Kier molecular flexibility index (Phi) is 2.95. The van der Waals surface area contributed by atoms with Crippen LogP contribution in [0.25, 0.3) is 10.8 Å². The molecule has 2 rings (SSSR count). The standard InChI is InChI=1S/C15H19N/c1-5-13-9-12-8-11(4)6-7-14(12)15(16-13)10(2)3/h6-10H,5H2,1-4H3. The van der Waals surface area contributed by atoms with Crippen molar-refractivity contribution >= 4 is 10.8 Å². The molecule has 16 heavy (non-hydrogen) atoms. The lowest BCUT2D eigenvalue weighted by Gasteiger charge is -2.11. The van der Waals surface area contributed by atoms with Crippen LogP contribution in [0.4, 0.5) is 0 Å². The van der Waals surface area contributed by atoms with Crippen LogP contribution in [-0.2, 0) is 6.42 Å². The summed E-state index contributed by atoms with van der Waals surface area (Å²) in [6, 6.07) is 8.84. The summed E-state index contributed by atoms with van der Waals surface area (Å²) < 4.78 is 0. The van der Waals surface area contributed by atoms with Gasteiger partial charge in [-0.15, -0.1) is 0 Å². The SMILES string of the molecule is CCc1cc2cc(C)ccc2c(C(C)C)n1. The Hall–Kier alpha value is -1.37. The van der Waals surface area contributed by atoms with Gasteiger partial charge in [-0.05, 0) is 30.7 Å². The van der Waals surface area contributed by atoms with E-state index < -0.39 is 0 Å². The molecule has 0 atom stereocenters. The second-order valence-corrected chi connectivity index (χ2v) is 4.73. The third-order valence-electron chi connectivity index (χ3n) is 2.98. The number of hydrogen-bond acceptors (Lipinski definition) is 1. The summed E-state index contributed by atoms with van der Waals surface area (Å²) >= 11 is 0. The van der Waals surface area contributed by atoms with E-state index in [1.165, 1.54) is 27.7 Å². The van der Waals surface area contributed by atoms with Gasteiger partial charge in [0, 0.05) is 11.1 Å². The molecule has 0 saturated carbocycles. The van der Waals surface area contributed by atoms with E-state index in [2.05, 4.69) is 52.0 Å². The highest BCUT2D eigenvalue weighted by atomic mass is 14.7. The molecule has 1 aromatic carbocycles. The molecule has 0 aliphatic heterocycles. The van der Waals surface area contributed by atoms with Gasteiger partial charge in [-0.2, -0.15) is 0 Å². The molecule has 84 valence electrons. The minimum Gasteiger partial charge on any atom is -0.257 e. The van der Waals surface area contributed by atoms with Gasteiger partial charge in [-0.25, -0.2) is 0 Å². The van der Waals surface area contributed by atoms with Crippen molar-refractivity contribution in [1.29, 1.82) is 0 Å². The van der Waals surface area contributed by atoms with Gasteiger partial charge in [0.25, 0.3) is 0 Å². The zero-order chi connectivity index (χ0) is 11.7. The van der Waals surface area contributed by atoms with Gasteiger partial charge in [0.15, 0.2) is 0 Å². The van der Waals surface area contributed by atoms with E-state index in [0.717, 1.165) is 6.42 Å². The third-order valence-corrected chi connectivity index (χ3v) is 2.98. The van der Waals surface area contributed by atoms with Crippen LogP contribution >= 0.6 is 0 Å². The molecule has 0 aliphatic rings. The average molecular weight is 213 g/mol. The van der Waals surface area contributed by atoms with E-state index in [0.29, 0.717) is 5.92 Å². The van der Waals surface area contributed by atoms with Crippen LogP contribution in [0.2, 0.25) is 0 Å². The summed E-state index contributed by atoms with van der Waals surface area (Å²) in [6.07, 6.45) is 1.00. The molecule has 0 N–H and O–H groups in total. The molecule has 1 heteroatoms. The number of aryl methyl sites for hydroxylation is 2. The van der Waals surface area contributed by atoms with Crippen molar-refractivity contribution in [3.8, 4) is 0 Å². The molecule has 1 heterocycles. The van der Waals surface area contributed by atoms with Gasteiger partial charge in [0.2, 0.25) is 0 Å². The first-order chi connectivity index (χ1) is 7.61. The van der Waals surface area contributed by atoms with Crippen molar-refractivity contribution in [3.63, 3.8) is 0 Å². The summed E-state index contributed by atoms with van der Waals surface area (Å²) in [5.41, 5.74) is 3.74. The molecular weight excluding hydrogens is 194 g/mol. The van der Waals surface area contributed by atoms with E-state index in [1.54, 1.807) is 0 Å². The predicted molar refractivity (Wildman–Crippen MR) is 69.9 cm³/mol. The maximum absolute atomic E-state index is 4.75. The van der Waals surface area contributed by atoms with E-state index in [-0.39, 0.29) is 0 Å². The van der Waals surface area contributed by atoms with Crippen molar-refractivity contribution < 1.29 is 0 Å². The molecular formula is C15H19N. The fraction of sp³-hybridized carbons (Fsp3) is 0.400. The lowest BCUT2D eigenvalue weighted by molar-refractivity contribution is 0.819. The zero-order valence-corrected chi connectivity index (χ0v) is 10.5. The third kappa shape index (κ3) is 1.95. The van der Waals surface area contributed by atoms with Crippen LogP contribution in [0.3, 0.4) is 0 Å². The zero-order valence-electron chi connectivity index (χ0n) is 10.5. The molecule has 0 spiro atoms. The average Bonchev–Trinajstić information content (AvgIpc) is 2.26. The Morgan fingerprint density at radius 1 is 1.19 bits per heavy atom. The molecule has 0 fully saturated rings. The summed E-state index contributed by atoms with van der Waals surface area (Å²) in [5, 5.41) is 2.63. The Morgan fingerprint density at radius 2 is 1.94 bits per heavy atom. The Bertz CT molecular complexity index is 512. The molecule has 1 nitrogen and oxygen atoms in total. The highest BCUT2D eigenvalue weighted by Crippen LogP contribution is 2.25. The largest absolute Gasteiger partial charge is 0.257 e. The van der Waals surface area contributed by atoms with E-state index in [4.69, 9.17) is 4.98 Å². The van der Waals surface area contributed by atoms with Crippen LogP contribution < -0.4 is 0 Å². The van der Waals surface area contributed by atoms with Crippen LogP contribution in [0, 0.1) is 6.92 Å². The van der Waals surface area contributed by atoms with Gasteiger partial charge in [0.1, 0.15) is 0 Å². The first-order valence-electron chi connectivity index (χ1n) is 6.02. The molecule has 0 saturated heterocycles. The minimum absolute atomic E-state index is 0.483. The first kappa shape index (κ1) is 11.1. The van der Waals surface area contributed by atoms with Crippen LogP contribution in [0.1, 0.15) is 43.6 Å². The maximum atomic E-state index is 4.75. The van der Waals surface area contributed by atoms with Crippen molar-refractivity contribution in [3.05, 3.63) is 41.2 Å². The molecule has 0 unspecified atom stereocenters. The smallest absolute Gasteiger partial charge is 0.0510 e. The Morgan fingerprint density at radius 3 is 2.56 bits per heavy atom. The lowest BCUT2D eigenvalue weighted by atomic mass is 9.99. The number of benzene rings is 1. The summed E-state index contributed by atoms with van der Waals surface area (Å²) in [7, 11) is 0. The Balaban J connectivity index is 2.76. The van der Waals surface area contributed by atoms with Crippen LogP contribution in [-0.4, -0.2) is 4.98 Å². The molecule has 0 amide bonds. The quantitative estimate of drug-likeness (QED) is 0.727. The lowest BCUT2D eigenvalue weighted by Crippen LogP contribution is -1.98. The normalized spacial score (nSPS) is 11.3. The Labute approximate surface area is 97.5 Å². The van der Waals surface area contributed by atoms with Gasteiger partial charge in [-0.3, -0.25) is 4.98 Å². The van der Waals surface area contributed by atoms with Crippen molar-refractivity contribution in [2.45, 2.75) is 40.0 Å². The number of nitrogens with zero attached hydrogens (tertiary/aromatic N) is 1. The number of fused-ring (bicyclic) bond motifs is 1. The number of pyridine rings is 1. The summed E-state index contributed by atoms with van der Waals surface area (Å²) in [6.45, 7) is 8.72. The van der Waals surface area contributed by atoms with Gasteiger partial charge < -0.3 is 0 Å². The van der Waals surface area contributed by atoms with Crippen LogP contribution in [0.5, 0.6) is 0 Å². The fourth-order valence-electron chi connectivity index (χ4n) is 2.08. The molecule has 0 aliphatic carbocycles. The molecule has 0 radical (unpaired) electrons. The topological polar surface area (TPSA) is 12.9 Å². The number of rotatable bonds is 2. The maximum Gasteiger partial charge on any atom is 0.0510 e. The van der Waals surface area contributed by atoms with Gasteiger partial charge in [-0.1, -0.05) is 44.5 Å². The monoisotopic (exact) mass is 213 g/mol. The van der Waals surface area contributed by atoms with Crippen molar-refractivity contribution in [2.75, 3.05) is 0 Å².